The number of aliphatic hydroxyl groups is 1. The van der Waals surface area contributed by atoms with Crippen LogP contribution in [0.25, 0.3) is 0 Å². The lowest BCUT2D eigenvalue weighted by Crippen LogP contribution is -2.47. The molecule has 3 nitrogen and oxygen atoms in total. The quantitative estimate of drug-likeness (QED) is 0.839. The highest BCUT2D eigenvalue weighted by atomic mass is 35.5. The monoisotopic (exact) mass is 313 g/mol. The summed E-state index contributed by atoms with van der Waals surface area (Å²) >= 11 is 7.34. The number of benzene rings is 1. The number of amides is 1. The molecule has 0 saturated heterocycles. The second-order valence-corrected chi connectivity index (χ2v) is 7.03. The van der Waals surface area contributed by atoms with E-state index in [4.69, 9.17) is 11.6 Å². The summed E-state index contributed by atoms with van der Waals surface area (Å²) in [5.41, 5.74) is 0. The summed E-state index contributed by atoms with van der Waals surface area (Å²) in [4.78, 5) is 13.2. The van der Waals surface area contributed by atoms with Gasteiger partial charge in [-0.2, -0.15) is 0 Å². The molecular weight excluding hydrogens is 294 g/mol. The first-order valence-corrected chi connectivity index (χ1v) is 8.22. The van der Waals surface area contributed by atoms with E-state index in [9.17, 15) is 9.90 Å². The predicted octanol–water partition coefficient (Wildman–Crippen LogP) is 3.24. The third kappa shape index (κ3) is 4.40. The van der Waals surface area contributed by atoms with Crippen molar-refractivity contribution < 1.29 is 9.90 Å². The molecule has 2 N–H and O–H groups in total. The minimum atomic E-state index is -0.402. The number of halogens is 1. The van der Waals surface area contributed by atoms with Gasteiger partial charge in [0.15, 0.2) is 0 Å². The summed E-state index contributed by atoms with van der Waals surface area (Å²) in [6, 6.07) is 7.36. The van der Waals surface area contributed by atoms with Crippen LogP contribution in [0.3, 0.4) is 0 Å². The normalized spacial score (nSPS) is 24.1. The molecule has 0 aliphatic heterocycles. The molecule has 20 heavy (non-hydrogen) atoms. The summed E-state index contributed by atoms with van der Waals surface area (Å²) < 4.78 is 0. The Bertz CT molecular complexity index is 452. The van der Waals surface area contributed by atoms with Crippen molar-refractivity contribution in [3.05, 3.63) is 29.3 Å². The number of thioether (sulfide) groups is 1. The van der Waals surface area contributed by atoms with Crippen molar-refractivity contribution in [1.29, 1.82) is 0 Å². The largest absolute Gasteiger partial charge is 0.391 e. The maximum absolute atomic E-state index is 12.2. The van der Waals surface area contributed by atoms with Gasteiger partial charge in [-0.15, -0.1) is 11.8 Å². The molecule has 0 spiro atoms. The third-order valence-electron chi connectivity index (χ3n) is 3.55. The number of hydrogen-bond acceptors (Lipinski definition) is 3. The van der Waals surface area contributed by atoms with Gasteiger partial charge in [0.2, 0.25) is 5.91 Å². The Morgan fingerprint density at radius 3 is 2.65 bits per heavy atom. The van der Waals surface area contributed by atoms with E-state index in [0.29, 0.717) is 5.02 Å². The molecule has 5 heteroatoms. The summed E-state index contributed by atoms with van der Waals surface area (Å²) in [5.74, 6) is -0.0177. The molecule has 0 aromatic heterocycles. The van der Waals surface area contributed by atoms with Gasteiger partial charge in [0.05, 0.1) is 17.4 Å². The SMILES string of the molecule is CC(Sc1ccc(Cl)cc1)C(=O)N[C@H]1CCCC[C@@H]1O. The van der Waals surface area contributed by atoms with Crippen molar-refractivity contribution >= 4 is 29.3 Å². The lowest BCUT2D eigenvalue weighted by atomic mass is 9.92. The Labute approximate surface area is 129 Å². The molecule has 0 bridgehead atoms. The molecule has 0 heterocycles. The van der Waals surface area contributed by atoms with Crippen molar-refractivity contribution in [3.63, 3.8) is 0 Å². The number of hydrogen-bond donors (Lipinski definition) is 2. The topological polar surface area (TPSA) is 49.3 Å². The Hall–Kier alpha value is -0.710. The van der Waals surface area contributed by atoms with E-state index in [-0.39, 0.29) is 17.2 Å². The molecular formula is C15H20ClNO2S. The second kappa shape index (κ2) is 7.34. The van der Waals surface area contributed by atoms with Crippen LogP contribution in [-0.4, -0.2) is 28.4 Å². The van der Waals surface area contributed by atoms with E-state index < -0.39 is 6.10 Å². The Morgan fingerprint density at radius 1 is 1.35 bits per heavy atom. The van der Waals surface area contributed by atoms with E-state index in [1.165, 1.54) is 11.8 Å². The van der Waals surface area contributed by atoms with Gasteiger partial charge in [-0.25, -0.2) is 0 Å². The number of carbonyl (C=O) groups excluding carboxylic acids is 1. The highest BCUT2D eigenvalue weighted by Gasteiger charge is 2.26. The Morgan fingerprint density at radius 2 is 2.00 bits per heavy atom. The van der Waals surface area contributed by atoms with Crippen LogP contribution < -0.4 is 5.32 Å². The zero-order chi connectivity index (χ0) is 14.5. The van der Waals surface area contributed by atoms with Gasteiger partial charge in [-0.3, -0.25) is 4.79 Å². The lowest BCUT2D eigenvalue weighted by Gasteiger charge is -2.29. The van der Waals surface area contributed by atoms with E-state index in [1.807, 2.05) is 31.2 Å². The van der Waals surface area contributed by atoms with Gasteiger partial charge in [0.25, 0.3) is 0 Å². The highest BCUT2D eigenvalue weighted by Crippen LogP contribution is 2.25. The molecule has 1 fully saturated rings. The lowest BCUT2D eigenvalue weighted by molar-refractivity contribution is -0.122. The second-order valence-electron chi connectivity index (χ2n) is 5.18. The molecule has 3 atom stereocenters. The molecule has 1 amide bonds. The van der Waals surface area contributed by atoms with Crippen LogP contribution in [0.5, 0.6) is 0 Å². The van der Waals surface area contributed by atoms with E-state index >= 15 is 0 Å². The molecule has 0 radical (unpaired) electrons. The van der Waals surface area contributed by atoms with Crippen LogP contribution in [0, 0.1) is 0 Å². The van der Waals surface area contributed by atoms with Gasteiger partial charge >= 0.3 is 0 Å². The van der Waals surface area contributed by atoms with Crippen LogP contribution in [-0.2, 0) is 4.79 Å². The smallest absolute Gasteiger partial charge is 0.233 e. The minimum Gasteiger partial charge on any atom is -0.391 e. The average molecular weight is 314 g/mol. The maximum atomic E-state index is 12.2. The average Bonchev–Trinajstić information content (AvgIpc) is 2.44. The number of carbonyl (C=O) groups is 1. The number of rotatable bonds is 4. The van der Waals surface area contributed by atoms with Crippen LogP contribution >= 0.6 is 23.4 Å². The molecule has 1 aromatic carbocycles. The van der Waals surface area contributed by atoms with Crippen molar-refractivity contribution in [2.24, 2.45) is 0 Å². The molecule has 1 aliphatic rings. The fourth-order valence-corrected chi connectivity index (χ4v) is 3.35. The summed E-state index contributed by atoms with van der Waals surface area (Å²) in [6.07, 6.45) is 3.36. The summed E-state index contributed by atoms with van der Waals surface area (Å²) in [5, 5.41) is 13.3. The fraction of sp³-hybridized carbons (Fsp3) is 0.533. The standard InChI is InChI=1S/C15H20ClNO2S/c1-10(20-12-8-6-11(16)7-9-12)15(19)17-13-4-2-3-5-14(13)18/h6-10,13-14,18H,2-5H2,1H3,(H,17,19)/t10?,13-,14-/m0/s1. The molecule has 2 rings (SSSR count). The van der Waals surface area contributed by atoms with Crippen LogP contribution in [0.15, 0.2) is 29.2 Å². The van der Waals surface area contributed by atoms with E-state index in [2.05, 4.69) is 5.32 Å². The van der Waals surface area contributed by atoms with Crippen LogP contribution in [0.1, 0.15) is 32.6 Å². The molecule has 110 valence electrons. The predicted molar refractivity (Wildman–Crippen MR) is 83.2 cm³/mol. The Balaban J connectivity index is 1.86. The zero-order valence-corrected chi connectivity index (χ0v) is 13.1. The fourth-order valence-electron chi connectivity index (χ4n) is 2.35. The van der Waals surface area contributed by atoms with Gasteiger partial charge in [0, 0.05) is 9.92 Å². The third-order valence-corrected chi connectivity index (χ3v) is 4.92. The molecule has 1 aliphatic carbocycles. The first-order chi connectivity index (χ1) is 9.56. The molecule has 1 aromatic rings. The summed E-state index contributed by atoms with van der Waals surface area (Å²) in [6.45, 7) is 1.88. The highest BCUT2D eigenvalue weighted by molar-refractivity contribution is 8.00. The van der Waals surface area contributed by atoms with E-state index in [0.717, 1.165) is 30.6 Å². The number of nitrogens with one attached hydrogen (secondary N) is 1. The Kier molecular flexibility index (Phi) is 5.75. The van der Waals surface area contributed by atoms with Gasteiger partial charge in [-0.05, 0) is 44.0 Å². The van der Waals surface area contributed by atoms with Gasteiger partial charge in [0.1, 0.15) is 0 Å². The van der Waals surface area contributed by atoms with Gasteiger partial charge < -0.3 is 10.4 Å². The minimum absolute atomic E-state index is 0.0177. The van der Waals surface area contributed by atoms with Crippen molar-refractivity contribution in [3.8, 4) is 0 Å². The first-order valence-electron chi connectivity index (χ1n) is 6.97. The first kappa shape index (κ1) is 15.7. The van der Waals surface area contributed by atoms with E-state index in [1.54, 1.807) is 0 Å². The van der Waals surface area contributed by atoms with Gasteiger partial charge in [-0.1, -0.05) is 24.4 Å². The van der Waals surface area contributed by atoms with Crippen molar-refractivity contribution in [2.45, 2.75) is 54.9 Å². The number of aliphatic hydroxyl groups excluding tert-OH is 1. The van der Waals surface area contributed by atoms with Crippen molar-refractivity contribution in [1.82, 2.24) is 5.32 Å². The van der Waals surface area contributed by atoms with Crippen molar-refractivity contribution in [2.75, 3.05) is 0 Å². The van der Waals surface area contributed by atoms with Crippen LogP contribution in [0.2, 0.25) is 5.02 Å². The molecule has 1 unspecified atom stereocenters. The molecule has 1 saturated carbocycles. The van der Waals surface area contributed by atoms with Crippen LogP contribution in [0.4, 0.5) is 0 Å². The summed E-state index contributed by atoms with van der Waals surface area (Å²) in [7, 11) is 0. The maximum Gasteiger partial charge on any atom is 0.233 e. The zero-order valence-electron chi connectivity index (χ0n) is 11.5.